The fourth-order valence-corrected chi connectivity index (χ4v) is 4.22. The Hall–Kier alpha value is -3.68. The molecule has 8 nitrogen and oxygen atoms in total. The number of aromatic nitrogens is 5. The molecule has 4 aromatic rings. The molecule has 0 saturated carbocycles. The van der Waals surface area contributed by atoms with Crippen molar-refractivity contribution < 1.29 is 4.79 Å². The van der Waals surface area contributed by atoms with Crippen molar-refractivity contribution in [2.24, 2.45) is 5.92 Å². The number of benzene rings is 1. The molecule has 1 fully saturated rings. The molecule has 3 aromatic heterocycles. The average molecular weight is 416 g/mol. The van der Waals surface area contributed by atoms with Gasteiger partial charge in [-0.3, -0.25) is 9.36 Å². The number of hydrogen-bond acceptors (Lipinski definition) is 5. The van der Waals surface area contributed by atoms with Crippen molar-refractivity contribution in [3.05, 3.63) is 66.9 Å². The highest BCUT2D eigenvalue weighted by Crippen LogP contribution is 2.22. The van der Waals surface area contributed by atoms with Crippen LogP contribution in [0.4, 0.5) is 5.82 Å². The summed E-state index contributed by atoms with van der Waals surface area (Å²) < 4.78 is 1.82. The molecule has 0 aliphatic carbocycles. The van der Waals surface area contributed by atoms with Crippen molar-refractivity contribution in [3.8, 4) is 5.82 Å². The summed E-state index contributed by atoms with van der Waals surface area (Å²) in [6.07, 6.45) is 9.95. The molecule has 1 aliphatic rings. The van der Waals surface area contributed by atoms with E-state index in [9.17, 15) is 4.79 Å². The van der Waals surface area contributed by atoms with Gasteiger partial charge in [0.15, 0.2) is 11.6 Å². The molecule has 158 valence electrons. The van der Waals surface area contributed by atoms with E-state index in [1.807, 2.05) is 41.2 Å². The quantitative estimate of drug-likeness (QED) is 0.505. The van der Waals surface area contributed by atoms with Crippen LogP contribution < -0.4 is 10.2 Å². The number of rotatable bonds is 6. The highest BCUT2D eigenvalue weighted by Gasteiger charge is 2.26. The van der Waals surface area contributed by atoms with Gasteiger partial charge >= 0.3 is 0 Å². The van der Waals surface area contributed by atoms with Crippen LogP contribution in [0.3, 0.4) is 0 Å². The fourth-order valence-electron chi connectivity index (χ4n) is 4.22. The summed E-state index contributed by atoms with van der Waals surface area (Å²) in [5.74, 6) is 1.62. The van der Waals surface area contributed by atoms with Gasteiger partial charge in [0.2, 0.25) is 5.91 Å². The van der Waals surface area contributed by atoms with Crippen LogP contribution in [0.2, 0.25) is 0 Å². The number of carbonyl (C=O) groups is 1. The number of hydrogen-bond donors (Lipinski definition) is 2. The van der Waals surface area contributed by atoms with E-state index in [1.54, 1.807) is 12.5 Å². The van der Waals surface area contributed by atoms with Crippen LogP contribution in [0.15, 0.2) is 61.3 Å². The molecule has 1 amide bonds. The molecule has 1 aliphatic heterocycles. The lowest BCUT2D eigenvalue weighted by molar-refractivity contribution is -0.125. The van der Waals surface area contributed by atoms with Crippen LogP contribution in [0.5, 0.6) is 0 Å². The molecule has 0 bridgehead atoms. The molecular formula is C23H25N7O. The molecule has 2 N–H and O–H groups in total. The maximum absolute atomic E-state index is 12.8. The first-order chi connectivity index (χ1) is 15.3. The van der Waals surface area contributed by atoms with Crippen molar-refractivity contribution in [2.75, 3.05) is 24.5 Å². The largest absolute Gasteiger partial charge is 0.361 e. The fraction of sp³-hybridized carbons (Fsp3) is 0.304. The number of nitrogens with one attached hydrogen (secondary N) is 2. The normalized spacial score (nSPS) is 16.5. The van der Waals surface area contributed by atoms with Crippen LogP contribution >= 0.6 is 0 Å². The van der Waals surface area contributed by atoms with E-state index in [1.165, 1.54) is 10.9 Å². The third-order valence-electron chi connectivity index (χ3n) is 5.89. The second-order valence-electron chi connectivity index (χ2n) is 7.91. The highest BCUT2D eigenvalue weighted by atomic mass is 16.1. The minimum atomic E-state index is -0.0353. The van der Waals surface area contributed by atoms with E-state index in [-0.39, 0.29) is 11.8 Å². The summed E-state index contributed by atoms with van der Waals surface area (Å²) in [6, 6.07) is 12.1. The molecule has 8 heteroatoms. The monoisotopic (exact) mass is 415 g/mol. The van der Waals surface area contributed by atoms with Gasteiger partial charge in [0.25, 0.3) is 0 Å². The number of carbonyl (C=O) groups excluding carboxylic acids is 1. The van der Waals surface area contributed by atoms with Gasteiger partial charge < -0.3 is 15.2 Å². The predicted octanol–water partition coefficient (Wildman–Crippen LogP) is 2.72. The lowest BCUT2D eigenvalue weighted by Crippen LogP contribution is -2.43. The zero-order valence-corrected chi connectivity index (χ0v) is 17.2. The molecule has 0 spiro atoms. The summed E-state index contributed by atoms with van der Waals surface area (Å²) in [5, 5.41) is 13.0. The molecule has 4 heterocycles. The van der Waals surface area contributed by atoms with Gasteiger partial charge in [0.1, 0.15) is 6.33 Å². The summed E-state index contributed by atoms with van der Waals surface area (Å²) in [5.41, 5.74) is 2.36. The number of nitrogens with zero attached hydrogens (tertiary/aromatic N) is 5. The first kappa shape index (κ1) is 19.3. The first-order valence-electron chi connectivity index (χ1n) is 10.7. The van der Waals surface area contributed by atoms with E-state index in [0.717, 1.165) is 43.0 Å². The van der Waals surface area contributed by atoms with Gasteiger partial charge in [-0.2, -0.15) is 0 Å². The second-order valence-corrected chi connectivity index (χ2v) is 7.91. The number of H-pyrrole nitrogens is 1. The topological polar surface area (TPSA) is 91.7 Å². The Morgan fingerprint density at radius 1 is 1.16 bits per heavy atom. The maximum Gasteiger partial charge on any atom is 0.224 e. The Balaban J connectivity index is 1.16. The third kappa shape index (κ3) is 4.14. The molecule has 31 heavy (non-hydrogen) atoms. The van der Waals surface area contributed by atoms with Crippen LogP contribution in [0.1, 0.15) is 18.4 Å². The maximum atomic E-state index is 12.8. The Bertz CT molecular complexity index is 1150. The number of piperidine rings is 1. The van der Waals surface area contributed by atoms with Crippen molar-refractivity contribution in [1.82, 2.24) is 30.0 Å². The number of amides is 1. The number of anilines is 1. The predicted molar refractivity (Wildman–Crippen MR) is 119 cm³/mol. The number of aromatic amines is 1. The lowest BCUT2D eigenvalue weighted by atomic mass is 9.97. The van der Waals surface area contributed by atoms with Crippen LogP contribution in [-0.4, -0.2) is 50.3 Å². The molecule has 5 rings (SSSR count). The van der Waals surface area contributed by atoms with E-state index in [4.69, 9.17) is 0 Å². The lowest BCUT2D eigenvalue weighted by Gasteiger charge is -2.32. The zero-order chi connectivity index (χ0) is 21.0. The Morgan fingerprint density at radius 3 is 2.87 bits per heavy atom. The van der Waals surface area contributed by atoms with Gasteiger partial charge in [-0.25, -0.2) is 4.98 Å². The van der Waals surface area contributed by atoms with Crippen molar-refractivity contribution in [3.63, 3.8) is 0 Å². The first-order valence-corrected chi connectivity index (χ1v) is 10.7. The number of fused-ring (bicyclic) bond motifs is 1. The SMILES string of the molecule is O=C(NCCc1c[nH]c2ccccc12)[C@H]1CCCN(c2ccc(-n3ccnc3)nn2)C1. The van der Waals surface area contributed by atoms with Gasteiger partial charge in [-0.1, -0.05) is 18.2 Å². The van der Waals surface area contributed by atoms with Gasteiger partial charge in [-0.05, 0) is 43.0 Å². The smallest absolute Gasteiger partial charge is 0.224 e. The highest BCUT2D eigenvalue weighted by molar-refractivity contribution is 5.83. The van der Waals surface area contributed by atoms with Crippen LogP contribution in [-0.2, 0) is 11.2 Å². The number of imidazole rings is 1. The molecule has 1 saturated heterocycles. The average Bonchev–Trinajstić information content (AvgIpc) is 3.50. The van der Waals surface area contributed by atoms with E-state index < -0.39 is 0 Å². The zero-order valence-electron chi connectivity index (χ0n) is 17.2. The molecule has 0 radical (unpaired) electrons. The minimum absolute atomic E-state index is 0.0353. The Kier molecular flexibility index (Phi) is 5.35. The Morgan fingerprint density at radius 2 is 2.03 bits per heavy atom. The van der Waals surface area contributed by atoms with Crippen molar-refractivity contribution >= 4 is 22.6 Å². The van der Waals surface area contributed by atoms with Crippen molar-refractivity contribution in [2.45, 2.75) is 19.3 Å². The minimum Gasteiger partial charge on any atom is -0.361 e. The summed E-state index contributed by atoms with van der Waals surface area (Å²) in [4.78, 5) is 22.3. The molecule has 0 unspecified atom stereocenters. The summed E-state index contributed by atoms with van der Waals surface area (Å²) in [6.45, 7) is 2.19. The molecular weight excluding hydrogens is 390 g/mol. The van der Waals surface area contributed by atoms with Crippen LogP contribution in [0.25, 0.3) is 16.7 Å². The van der Waals surface area contributed by atoms with Gasteiger partial charge in [0.05, 0.1) is 5.92 Å². The van der Waals surface area contributed by atoms with Crippen molar-refractivity contribution in [1.29, 1.82) is 0 Å². The molecule has 1 atom stereocenters. The van der Waals surface area contributed by atoms with Gasteiger partial charge in [0, 0.05) is 49.1 Å². The summed E-state index contributed by atoms with van der Waals surface area (Å²) >= 11 is 0. The molecule has 1 aromatic carbocycles. The summed E-state index contributed by atoms with van der Waals surface area (Å²) in [7, 11) is 0. The third-order valence-corrected chi connectivity index (χ3v) is 5.89. The standard InChI is InChI=1S/C23H25N7O/c31-23(25-10-9-17-14-26-20-6-2-1-5-19(17)20)18-4-3-12-29(15-18)21-7-8-22(28-27-21)30-13-11-24-16-30/h1-2,5-8,11,13-14,16,18,26H,3-4,9-10,12,15H2,(H,25,31)/t18-/m0/s1. The Labute approximate surface area is 180 Å². The van der Waals surface area contributed by atoms with E-state index in [0.29, 0.717) is 13.1 Å². The second kappa shape index (κ2) is 8.59. The van der Waals surface area contributed by atoms with Crippen LogP contribution in [0, 0.1) is 5.92 Å². The van der Waals surface area contributed by atoms with Gasteiger partial charge in [-0.15, -0.1) is 10.2 Å². The number of para-hydroxylation sites is 1. The van der Waals surface area contributed by atoms with E-state index in [2.05, 4.69) is 42.5 Å². The van der Waals surface area contributed by atoms with E-state index >= 15 is 0 Å².